The van der Waals surface area contributed by atoms with Crippen LogP contribution in [0, 0.1) is 0 Å². The summed E-state index contributed by atoms with van der Waals surface area (Å²) in [6, 6.07) is 8.49. The van der Waals surface area contributed by atoms with E-state index in [2.05, 4.69) is 38.2 Å². The molecule has 0 heterocycles. The molecule has 1 atom stereocenters. The average Bonchev–Trinajstić information content (AvgIpc) is 2.47. The Labute approximate surface area is 123 Å². The highest BCUT2D eigenvalue weighted by Crippen LogP contribution is 2.28. The van der Waals surface area contributed by atoms with Crippen LogP contribution in [0.2, 0.25) is 0 Å². The van der Waals surface area contributed by atoms with Crippen molar-refractivity contribution in [1.29, 1.82) is 0 Å². The molecule has 0 fully saturated rings. The molecule has 1 unspecified atom stereocenters. The fourth-order valence-corrected chi connectivity index (χ4v) is 2.07. The molecular weight excluding hydrogens is 250 g/mol. The van der Waals surface area contributed by atoms with Crippen LogP contribution in [0.15, 0.2) is 24.3 Å². The third-order valence-electron chi connectivity index (χ3n) is 3.97. The number of aliphatic hydroxyl groups is 1. The largest absolute Gasteiger partial charge is 0.494 e. The number of rotatable bonds is 9. The minimum absolute atomic E-state index is 0.123. The van der Waals surface area contributed by atoms with Gasteiger partial charge in [-0.1, -0.05) is 39.8 Å². The van der Waals surface area contributed by atoms with Crippen LogP contribution in [0.5, 0.6) is 5.75 Å². The van der Waals surface area contributed by atoms with Gasteiger partial charge in [0.2, 0.25) is 0 Å². The SMILES string of the molecule is CCNC(CO)CCOc1ccc(C(C)(C)CC)cc1. The first kappa shape index (κ1) is 17.0. The summed E-state index contributed by atoms with van der Waals surface area (Å²) in [6.45, 7) is 10.4. The zero-order chi connectivity index (χ0) is 15.0. The molecule has 0 saturated heterocycles. The topological polar surface area (TPSA) is 41.5 Å². The third-order valence-corrected chi connectivity index (χ3v) is 3.97. The number of hydrogen-bond acceptors (Lipinski definition) is 3. The van der Waals surface area contributed by atoms with Crippen molar-refractivity contribution in [3.8, 4) is 5.75 Å². The lowest BCUT2D eigenvalue weighted by atomic mass is 9.82. The third kappa shape index (κ3) is 5.14. The van der Waals surface area contributed by atoms with E-state index in [0.29, 0.717) is 6.61 Å². The Hall–Kier alpha value is -1.06. The molecule has 0 aliphatic carbocycles. The zero-order valence-corrected chi connectivity index (χ0v) is 13.3. The van der Waals surface area contributed by atoms with Crippen molar-refractivity contribution < 1.29 is 9.84 Å². The minimum Gasteiger partial charge on any atom is -0.494 e. The maximum Gasteiger partial charge on any atom is 0.119 e. The molecule has 1 aromatic rings. The van der Waals surface area contributed by atoms with Gasteiger partial charge in [-0.3, -0.25) is 0 Å². The van der Waals surface area contributed by atoms with E-state index in [1.807, 2.05) is 19.1 Å². The van der Waals surface area contributed by atoms with Crippen molar-refractivity contribution in [1.82, 2.24) is 5.32 Å². The summed E-state index contributed by atoms with van der Waals surface area (Å²) in [5.74, 6) is 0.897. The first-order chi connectivity index (χ1) is 9.53. The second-order valence-corrected chi connectivity index (χ2v) is 5.84. The van der Waals surface area contributed by atoms with Gasteiger partial charge in [-0.05, 0) is 42.5 Å². The number of likely N-dealkylation sites (N-methyl/N-ethyl adjacent to an activating group) is 1. The Kier molecular flexibility index (Phi) is 7.03. The monoisotopic (exact) mass is 279 g/mol. The quantitative estimate of drug-likeness (QED) is 0.730. The van der Waals surface area contributed by atoms with Gasteiger partial charge in [-0.25, -0.2) is 0 Å². The van der Waals surface area contributed by atoms with Gasteiger partial charge < -0.3 is 15.2 Å². The van der Waals surface area contributed by atoms with E-state index in [1.54, 1.807) is 0 Å². The number of hydrogen-bond donors (Lipinski definition) is 2. The van der Waals surface area contributed by atoms with E-state index in [9.17, 15) is 5.11 Å². The van der Waals surface area contributed by atoms with E-state index in [0.717, 1.165) is 25.1 Å². The van der Waals surface area contributed by atoms with Crippen LogP contribution in [-0.2, 0) is 5.41 Å². The summed E-state index contributed by atoms with van der Waals surface area (Å²) in [5.41, 5.74) is 1.55. The molecule has 1 rings (SSSR count). The first-order valence-corrected chi connectivity index (χ1v) is 7.61. The van der Waals surface area contributed by atoms with Crippen molar-refractivity contribution in [3.63, 3.8) is 0 Å². The first-order valence-electron chi connectivity index (χ1n) is 7.61. The van der Waals surface area contributed by atoms with Crippen molar-refractivity contribution in [3.05, 3.63) is 29.8 Å². The van der Waals surface area contributed by atoms with E-state index < -0.39 is 0 Å². The Morgan fingerprint density at radius 1 is 1.20 bits per heavy atom. The molecule has 3 nitrogen and oxygen atoms in total. The van der Waals surface area contributed by atoms with Gasteiger partial charge in [0.15, 0.2) is 0 Å². The molecule has 0 spiro atoms. The Bertz CT molecular complexity index is 373. The minimum atomic E-state index is 0.123. The summed E-state index contributed by atoms with van der Waals surface area (Å²) in [6.07, 6.45) is 1.93. The average molecular weight is 279 g/mol. The van der Waals surface area contributed by atoms with Gasteiger partial charge in [-0.15, -0.1) is 0 Å². The van der Waals surface area contributed by atoms with Gasteiger partial charge in [0.25, 0.3) is 0 Å². The molecule has 0 bridgehead atoms. The summed E-state index contributed by atoms with van der Waals surface area (Å²) in [5, 5.41) is 12.4. The van der Waals surface area contributed by atoms with Crippen LogP contribution >= 0.6 is 0 Å². The van der Waals surface area contributed by atoms with Gasteiger partial charge in [0.05, 0.1) is 13.2 Å². The highest BCUT2D eigenvalue weighted by atomic mass is 16.5. The van der Waals surface area contributed by atoms with Gasteiger partial charge in [0, 0.05) is 6.04 Å². The summed E-state index contributed by atoms with van der Waals surface area (Å²) < 4.78 is 5.73. The lowest BCUT2D eigenvalue weighted by Crippen LogP contribution is -2.33. The fraction of sp³-hybridized carbons (Fsp3) is 0.647. The molecule has 0 radical (unpaired) electrons. The van der Waals surface area contributed by atoms with E-state index in [4.69, 9.17) is 4.74 Å². The molecule has 1 aromatic carbocycles. The van der Waals surface area contributed by atoms with Crippen molar-refractivity contribution in [2.45, 2.75) is 52.0 Å². The van der Waals surface area contributed by atoms with E-state index >= 15 is 0 Å². The molecule has 2 N–H and O–H groups in total. The standard InChI is InChI=1S/C17H29NO2/c1-5-17(3,4)14-7-9-16(10-8-14)20-12-11-15(13-19)18-6-2/h7-10,15,18-19H,5-6,11-13H2,1-4H3. The van der Waals surface area contributed by atoms with Crippen LogP contribution in [0.25, 0.3) is 0 Å². The van der Waals surface area contributed by atoms with E-state index in [-0.39, 0.29) is 18.1 Å². The number of ether oxygens (including phenoxy) is 1. The van der Waals surface area contributed by atoms with Crippen LogP contribution in [-0.4, -0.2) is 30.9 Å². The normalized spacial score (nSPS) is 13.2. The van der Waals surface area contributed by atoms with Crippen molar-refractivity contribution >= 4 is 0 Å². The molecule has 0 aliphatic rings. The molecule has 0 amide bonds. The van der Waals surface area contributed by atoms with Crippen molar-refractivity contribution in [2.75, 3.05) is 19.8 Å². The molecule has 3 heteroatoms. The van der Waals surface area contributed by atoms with Gasteiger partial charge >= 0.3 is 0 Å². The maximum absolute atomic E-state index is 9.19. The molecule has 0 aromatic heterocycles. The molecule has 114 valence electrons. The number of nitrogens with one attached hydrogen (secondary N) is 1. The fourth-order valence-electron chi connectivity index (χ4n) is 2.07. The molecule has 0 saturated carbocycles. The summed E-state index contributed by atoms with van der Waals surface area (Å²) in [4.78, 5) is 0. The molecule has 0 aliphatic heterocycles. The van der Waals surface area contributed by atoms with Crippen LogP contribution in [0.1, 0.15) is 46.1 Å². The maximum atomic E-state index is 9.19. The second kappa shape index (κ2) is 8.28. The van der Waals surface area contributed by atoms with Crippen LogP contribution in [0.3, 0.4) is 0 Å². The smallest absolute Gasteiger partial charge is 0.119 e. The molecule has 20 heavy (non-hydrogen) atoms. The Morgan fingerprint density at radius 2 is 1.85 bits per heavy atom. The number of aliphatic hydroxyl groups excluding tert-OH is 1. The van der Waals surface area contributed by atoms with Crippen molar-refractivity contribution in [2.24, 2.45) is 0 Å². The zero-order valence-electron chi connectivity index (χ0n) is 13.3. The second-order valence-electron chi connectivity index (χ2n) is 5.84. The van der Waals surface area contributed by atoms with Crippen LogP contribution in [0.4, 0.5) is 0 Å². The van der Waals surface area contributed by atoms with Gasteiger partial charge in [-0.2, -0.15) is 0 Å². The Balaban J connectivity index is 2.46. The highest BCUT2D eigenvalue weighted by molar-refractivity contribution is 5.31. The van der Waals surface area contributed by atoms with Gasteiger partial charge in [0.1, 0.15) is 5.75 Å². The highest BCUT2D eigenvalue weighted by Gasteiger charge is 2.17. The Morgan fingerprint density at radius 3 is 2.35 bits per heavy atom. The van der Waals surface area contributed by atoms with Crippen LogP contribution < -0.4 is 10.1 Å². The molecular formula is C17H29NO2. The van der Waals surface area contributed by atoms with E-state index in [1.165, 1.54) is 5.56 Å². The summed E-state index contributed by atoms with van der Waals surface area (Å²) >= 11 is 0. The lowest BCUT2D eigenvalue weighted by molar-refractivity contribution is 0.210. The summed E-state index contributed by atoms with van der Waals surface area (Å²) in [7, 11) is 0. The lowest BCUT2D eigenvalue weighted by Gasteiger charge is -2.23. The predicted octanol–water partition coefficient (Wildman–Crippen LogP) is 3.11. The number of benzene rings is 1. The predicted molar refractivity (Wildman–Crippen MR) is 84.4 cm³/mol.